The molecule has 104 valence electrons. The zero-order valence-electron chi connectivity index (χ0n) is 12.0. The summed E-state index contributed by atoms with van der Waals surface area (Å²) in [6.07, 6.45) is 6.67. The summed E-state index contributed by atoms with van der Waals surface area (Å²) >= 11 is 0. The van der Waals surface area contributed by atoms with E-state index < -0.39 is 0 Å². The highest BCUT2D eigenvalue weighted by molar-refractivity contribution is 5.63. The molecule has 0 bridgehead atoms. The van der Waals surface area contributed by atoms with Crippen molar-refractivity contribution in [3.8, 4) is 11.1 Å². The van der Waals surface area contributed by atoms with Crippen LogP contribution in [-0.2, 0) is 0 Å². The molecule has 1 aliphatic carbocycles. The zero-order valence-corrected chi connectivity index (χ0v) is 12.0. The Hall–Kier alpha value is -1.60. The highest BCUT2D eigenvalue weighted by Crippen LogP contribution is 2.33. The molecule has 2 aromatic rings. The summed E-state index contributed by atoms with van der Waals surface area (Å²) in [7, 11) is 0. The minimum atomic E-state index is 0.208. The van der Waals surface area contributed by atoms with Crippen LogP contribution in [0.3, 0.4) is 0 Å². The Bertz CT molecular complexity index is 523. The number of hydrogen-bond acceptors (Lipinski definition) is 1. The van der Waals surface area contributed by atoms with E-state index in [1.807, 2.05) is 0 Å². The van der Waals surface area contributed by atoms with Gasteiger partial charge >= 0.3 is 0 Å². The number of hydrogen-bond donors (Lipinski definition) is 1. The average Bonchev–Trinajstić information content (AvgIpc) is 2.56. The average molecular weight is 265 g/mol. The van der Waals surface area contributed by atoms with Gasteiger partial charge in [0, 0.05) is 6.04 Å². The van der Waals surface area contributed by atoms with Gasteiger partial charge in [0.15, 0.2) is 0 Å². The molecule has 0 radical (unpaired) electrons. The number of nitrogens with two attached hydrogens (primary N) is 1. The second kappa shape index (κ2) is 6.23. The predicted octanol–water partition coefficient (Wildman–Crippen LogP) is 4.93. The summed E-state index contributed by atoms with van der Waals surface area (Å²) in [5.74, 6) is 0.673. The van der Waals surface area contributed by atoms with Gasteiger partial charge in [-0.3, -0.25) is 0 Å². The maximum Gasteiger partial charge on any atom is 0.0323 e. The second-order valence-electron chi connectivity index (χ2n) is 5.91. The molecule has 0 heterocycles. The molecule has 1 nitrogen and oxygen atoms in total. The summed E-state index contributed by atoms with van der Waals surface area (Å²) in [6, 6.07) is 19.5. The van der Waals surface area contributed by atoms with Crippen LogP contribution in [0.5, 0.6) is 0 Å². The maximum absolute atomic E-state index is 6.46. The van der Waals surface area contributed by atoms with Gasteiger partial charge in [-0.1, -0.05) is 73.9 Å². The lowest BCUT2D eigenvalue weighted by Gasteiger charge is -2.27. The fourth-order valence-corrected chi connectivity index (χ4v) is 3.29. The monoisotopic (exact) mass is 265 g/mol. The van der Waals surface area contributed by atoms with Crippen molar-refractivity contribution in [3.63, 3.8) is 0 Å². The summed E-state index contributed by atoms with van der Waals surface area (Å²) in [4.78, 5) is 0. The lowest BCUT2D eigenvalue weighted by Crippen LogP contribution is -2.23. The van der Waals surface area contributed by atoms with Gasteiger partial charge < -0.3 is 5.73 Å². The SMILES string of the molecule is NC(c1ccc(-c2ccccc2)cc1)C1CCCCC1. The standard InChI is InChI=1S/C19H23N/c20-19(17-9-5-2-6-10-17)18-13-11-16(12-14-18)15-7-3-1-4-8-15/h1,3-4,7-8,11-14,17,19H,2,5-6,9-10,20H2. The molecular weight excluding hydrogens is 242 g/mol. The van der Waals surface area contributed by atoms with E-state index >= 15 is 0 Å². The fraction of sp³-hybridized carbons (Fsp3) is 0.368. The molecule has 1 saturated carbocycles. The highest BCUT2D eigenvalue weighted by Gasteiger charge is 2.21. The van der Waals surface area contributed by atoms with Gasteiger partial charge in [-0.2, -0.15) is 0 Å². The van der Waals surface area contributed by atoms with Gasteiger partial charge in [0.1, 0.15) is 0 Å². The van der Waals surface area contributed by atoms with Gasteiger partial charge in [0.05, 0.1) is 0 Å². The molecule has 0 saturated heterocycles. The largest absolute Gasteiger partial charge is 0.324 e. The van der Waals surface area contributed by atoms with Crippen LogP contribution in [0.15, 0.2) is 54.6 Å². The first-order valence-electron chi connectivity index (χ1n) is 7.75. The molecule has 0 aliphatic heterocycles. The van der Waals surface area contributed by atoms with Crippen molar-refractivity contribution in [2.24, 2.45) is 11.7 Å². The normalized spacial score (nSPS) is 17.9. The third-order valence-electron chi connectivity index (χ3n) is 4.56. The van der Waals surface area contributed by atoms with Crippen LogP contribution >= 0.6 is 0 Å². The van der Waals surface area contributed by atoms with Gasteiger partial charge in [0.2, 0.25) is 0 Å². The summed E-state index contributed by atoms with van der Waals surface area (Å²) in [6.45, 7) is 0. The molecule has 20 heavy (non-hydrogen) atoms. The van der Waals surface area contributed by atoms with Crippen molar-refractivity contribution in [3.05, 3.63) is 60.2 Å². The van der Waals surface area contributed by atoms with E-state index in [0.717, 1.165) is 0 Å². The van der Waals surface area contributed by atoms with Crippen LogP contribution in [0.25, 0.3) is 11.1 Å². The molecule has 1 aliphatic rings. The Kier molecular flexibility index (Phi) is 4.17. The minimum absolute atomic E-state index is 0.208. The molecule has 0 amide bonds. The molecule has 3 rings (SSSR count). The number of rotatable bonds is 3. The summed E-state index contributed by atoms with van der Waals surface area (Å²) in [5, 5.41) is 0. The van der Waals surface area contributed by atoms with E-state index in [0.29, 0.717) is 5.92 Å². The van der Waals surface area contributed by atoms with E-state index in [1.165, 1.54) is 48.8 Å². The molecule has 2 N–H and O–H groups in total. The van der Waals surface area contributed by atoms with E-state index in [4.69, 9.17) is 5.73 Å². The van der Waals surface area contributed by atoms with E-state index in [2.05, 4.69) is 54.6 Å². The van der Waals surface area contributed by atoms with Gasteiger partial charge in [-0.15, -0.1) is 0 Å². The topological polar surface area (TPSA) is 26.0 Å². The Morgan fingerprint density at radius 1 is 0.750 bits per heavy atom. The van der Waals surface area contributed by atoms with Crippen LogP contribution in [0, 0.1) is 5.92 Å². The Morgan fingerprint density at radius 3 is 2.00 bits per heavy atom. The molecule has 1 unspecified atom stereocenters. The number of benzene rings is 2. The molecule has 0 aromatic heterocycles. The van der Waals surface area contributed by atoms with E-state index in [1.54, 1.807) is 0 Å². The van der Waals surface area contributed by atoms with Gasteiger partial charge in [-0.05, 0) is 35.4 Å². The third kappa shape index (κ3) is 2.94. The predicted molar refractivity (Wildman–Crippen MR) is 85.4 cm³/mol. The Labute approximate surface area is 121 Å². The zero-order chi connectivity index (χ0) is 13.8. The van der Waals surface area contributed by atoms with E-state index in [9.17, 15) is 0 Å². The molecule has 0 spiro atoms. The van der Waals surface area contributed by atoms with Crippen molar-refractivity contribution in [2.45, 2.75) is 38.1 Å². The first kappa shape index (κ1) is 13.4. The smallest absolute Gasteiger partial charge is 0.0323 e. The van der Waals surface area contributed by atoms with Crippen molar-refractivity contribution >= 4 is 0 Å². The third-order valence-corrected chi connectivity index (χ3v) is 4.56. The molecule has 2 aromatic carbocycles. The van der Waals surface area contributed by atoms with Crippen LogP contribution in [0.2, 0.25) is 0 Å². The molecule has 1 heteroatoms. The van der Waals surface area contributed by atoms with Crippen molar-refractivity contribution in [2.75, 3.05) is 0 Å². The van der Waals surface area contributed by atoms with Crippen molar-refractivity contribution < 1.29 is 0 Å². The molecule has 1 atom stereocenters. The second-order valence-corrected chi connectivity index (χ2v) is 5.91. The minimum Gasteiger partial charge on any atom is -0.324 e. The Balaban J connectivity index is 1.75. The highest BCUT2D eigenvalue weighted by atomic mass is 14.7. The van der Waals surface area contributed by atoms with Crippen molar-refractivity contribution in [1.29, 1.82) is 0 Å². The van der Waals surface area contributed by atoms with Crippen molar-refractivity contribution in [1.82, 2.24) is 0 Å². The lowest BCUT2D eigenvalue weighted by atomic mass is 9.81. The summed E-state index contributed by atoms with van der Waals surface area (Å²) in [5.41, 5.74) is 10.3. The van der Waals surface area contributed by atoms with E-state index in [-0.39, 0.29) is 6.04 Å². The maximum atomic E-state index is 6.46. The van der Waals surface area contributed by atoms with Gasteiger partial charge in [0.25, 0.3) is 0 Å². The van der Waals surface area contributed by atoms with Crippen LogP contribution in [0.1, 0.15) is 43.7 Å². The first-order chi connectivity index (χ1) is 9.84. The van der Waals surface area contributed by atoms with Gasteiger partial charge in [-0.25, -0.2) is 0 Å². The van der Waals surface area contributed by atoms with Crippen LogP contribution in [-0.4, -0.2) is 0 Å². The Morgan fingerprint density at radius 2 is 1.35 bits per heavy atom. The first-order valence-corrected chi connectivity index (χ1v) is 7.75. The molecule has 1 fully saturated rings. The molecular formula is C19H23N. The fourth-order valence-electron chi connectivity index (χ4n) is 3.29. The van der Waals surface area contributed by atoms with Crippen LogP contribution < -0.4 is 5.73 Å². The lowest BCUT2D eigenvalue weighted by molar-refractivity contribution is 0.308. The summed E-state index contributed by atoms with van der Waals surface area (Å²) < 4.78 is 0. The van der Waals surface area contributed by atoms with Crippen LogP contribution in [0.4, 0.5) is 0 Å². The quantitative estimate of drug-likeness (QED) is 0.836.